The van der Waals surface area contributed by atoms with E-state index >= 15 is 0 Å². The largest absolute Gasteiger partial charge is 0.388 e. The lowest BCUT2D eigenvalue weighted by Crippen LogP contribution is -2.13. The van der Waals surface area contributed by atoms with E-state index in [4.69, 9.17) is 0 Å². The Labute approximate surface area is 148 Å². The van der Waals surface area contributed by atoms with Gasteiger partial charge in [0.1, 0.15) is 0 Å². The quantitative estimate of drug-likeness (QED) is 0.596. The van der Waals surface area contributed by atoms with E-state index < -0.39 is 6.10 Å². The van der Waals surface area contributed by atoms with Crippen molar-refractivity contribution in [2.24, 2.45) is 0 Å². The van der Waals surface area contributed by atoms with E-state index in [9.17, 15) is 5.11 Å². The molecule has 0 amide bonds. The van der Waals surface area contributed by atoms with Crippen molar-refractivity contribution >= 4 is 38.5 Å². The lowest BCUT2D eigenvalue weighted by molar-refractivity contribution is 0.153. The van der Waals surface area contributed by atoms with Gasteiger partial charge in [0.2, 0.25) is 0 Å². The molecule has 0 saturated heterocycles. The zero-order chi connectivity index (χ0) is 14.8. The third kappa shape index (κ3) is 3.51. The zero-order valence-corrected chi connectivity index (χ0v) is 15.5. The van der Waals surface area contributed by atoms with Gasteiger partial charge in [0, 0.05) is 8.04 Å². The standard InChI is InChI=1S/C18H18BrIO/c19-17-9-8-14(20)11-16(17)18(21)10-13-6-3-5-12-4-1-2-7-15(12)13/h1-2,4,7-9,11,13,18,21H,3,5-6,10H2. The second-order valence-corrected chi connectivity index (χ2v) is 7.81. The Morgan fingerprint density at radius 1 is 1.24 bits per heavy atom. The fraction of sp³-hybridized carbons (Fsp3) is 0.333. The van der Waals surface area contributed by atoms with E-state index in [-0.39, 0.29) is 0 Å². The minimum Gasteiger partial charge on any atom is -0.388 e. The molecule has 0 fully saturated rings. The average Bonchev–Trinajstić information content (AvgIpc) is 2.50. The van der Waals surface area contributed by atoms with Crippen LogP contribution in [0.1, 0.15) is 48.0 Å². The summed E-state index contributed by atoms with van der Waals surface area (Å²) in [5, 5.41) is 10.7. The first-order chi connectivity index (χ1) is 10.1. The van der Waals surface area contributed by atoms with Gasteiger partial charge in [-0.2, -0.15) is 0 Å². The molecule has 110 valence electrons. The smallest absolute Gasteiger partial charge is 0.0807 e. The lowest BCUT2D eigenvalue weighted by Gasteiger charge is -2.27. The Morgan fingerprint density at radius 3 is 2.90 bits per heavy atom. The first-order valence-electron chi connectivity index (χ1n) is 7.36. The van der Waals surface area contributed by atoms with Crippen LogP contribution in [0, 0.1) is 3.57 Å². The summed E-state index contributed by atoms with van der Waals surface area (Å²) in [4.78, 5) is 0. The third-order valence-electron chi connectivity index (χ3n) is 4.32. The Balaban J connectivity index is 1.82. The Bertz CT molecular complexity index is 641. The molecule has 3 heteroatoms. The molecule has 2 aromatic carbocycles. The number of hydrogen-bond acceptors (Lipinski definition) is 1. The maximum atomic E-state index is 10.7. The molecular weight excluding hydrogens is 439 g/mol. The molecule has 0 spiro atoms. The van der Waals surface area contributed by atoms with E-state index in [2.05, 4.69) is 74.9 Å². The molecule has 0 saturated carbocycles. The predicted octanol–water partition coefficient (Wildman–Crippen LogP) is 5.60. The average molecular weight is 457 g/mol. The Hall–Kier alpha value is -0.390. The number of hydrogen-bond donors (Lipinski definition) is 1. The van der Waals surface area contributed by atoms with Gasteiger partial charge >= 0.3 is 0 Å². The van der Waals surface area contributed by atoms with E-state index in [1.807, 2.05) is 6.07 Å². The summed E-state index contributed by atoms with van der Waals surface area (Å²) >= 11 is 5.86. The minimum atomic E-state index is -0.412. The molecule has 0 radical (unpaired) electrons. The van der Waals surface area contributed by atoms with Crippen LogP contribution in [0.2, 0.25) is 0 Å². The van der Waals surface area contributed by atoms with Gasteiger partial charge < -0.3 is 5.11 Å². The molecule has 2 unspecified atom stereocenters. The molecule has 2 atom stereocenters. The molecule has 2 aromatic rings. The normalized spacial score (nSPS) is 19.1. The number of aliphatic hydroxyl groups is 1. The topological polar surface area (TPSA) is 20.2 Å². The molecule has 3 rings (SSSR count). The first kappa shape index (κ1) is 15.5. The third-order valence-corrected chi connectivity index (χ3v) is 5.71. The van der Waals surface area contributed by atoms with Gasteiger partial charge in [0.05, 0.1) is 6.10 Å². The number of benzene rings is 2. The van der Waals surface area contributed by atoms with E-state index in [0.29, 0.717) is 5.92 Å². The molecule has 1 aliphatic rings. The minimum absolute atomic E-state index is 0.412. The van der Waals surface area contributed by atoms with Gasteiger partial charge in [-0.05, 0) is 89.1 Å². The van der Waals surface area contributed by atoms with Gasteiger partial charge in [-0.25, -0.2) is 0 Å². The van der Waals surface area contributed by atoms with Crippen LogP contribution in [-0.2, 0) is 6.42 Å². The van der Waals surface area contributed by atoms with Crippen LogP contribution >= 0.6 is 38.5 Å². The molecule has 21 heavy (non-hydrogen) atoms. The highest BCUT2D eigenvalue weighted by molar-refractivity contribution is 14.1. The number of aliphatic hydroxyl groups excluding tert-OH is 1. The highest BCUT2D eigenvalue weighted by atomic mass is 127. The van der Waals surface area contributed by atoms with Crippen LogP contribution in [0.15, 0.2) is 46.9 Å². The highest BCUT2D eigenvalue weighted by Crippen LogP contribution is 2.39. The maximum Gasteiger partial charge on any atom is 0.0807 e. The fourth-order valence-electron chi connectivity index (χ4n) is 3.27. The number of halogens is 2. The molecule has 0 bridgehead atoms. The molecule has 1 N–H and O–H groups in total. The summed E-state index contributed by atoms with van der Waals surface area (Å²) in [6.07, 6.45) is 3.97. The van der Waals surface area contributed by atoms with Gasteiger partial charge in [0.25, 0.3) is 0 Å². The first-order valence-corrected chi connectivity index (χ1v) is 9.23. The van der Waals surface area contributed by atoms with Gasteiger partial charge in [0.15, 0.2) is 0 Å². The molecule has 0 aromatic heterocycles. The second-order valence-electron chi connectivity index (χ2n) is 5.71. The maximum absolute atomic E-state index is 10.7. The molecular formula is C18H18BrIO. The van der Waals surface area contributed by atoms with Crippen LogP contribution in [0.25, 0.3) is 0 Å². The van der Waals surface area contributed by atoms with Crippen LogP contribution in [0.5, 0.6) is 0 Å². The summed E-state index contributed by atoms with van der Waals surface area (Å²) in [6, 6.07) is 14.8. The van der Waals surface area contributed by atoms with E-state index in [1.165, 1.54) is 30.4 Å². The molecule has 0 aliphatic heterocycles. The van der Waals surface area contributed by atoms with Crippen molar-refractivity contribution in [1.82, 2.24) is 0 Å². The lowest BCUT2D eigenvalue weighted by atomic mass is 9.79. The predicted molar refractivity (Wildman–Crippen MR) is 98.6 cm³/mol. The highest BCUT2D eigenvalue weighted by Gasteiger charge is 2.24. The van der Waals surface area contributed by atoms with Crippen molar-refractivity contribution in [2.75, 3.05) is 0 Å². The van der Waals surface area contributed by atoms with E-state index in [1.54, 1.807) is 0 Å². The van der Waals surface area contributed by atoms with Crippen molar-refractivity contribution in [2.45, 2.75) is 37.7 Å². The Morgan fingerprint density at radius 2 is 2.05 bits per heavy atom. The van der Waals surface area contributed by atoms with Crippen molar-refractivity contribution < 1.29 is 5.11 Å². The summed E-state index contributed by atoms with van der Waals surface area (Å²) in [5.74, 6) is 0.467. The summed E-state index contributed by atoms with van der Waals surface area (Å²) < 4.78 is 2.16. The zero-order valence-electron chi connectivity index (χ0n) is 11.7. The summed E-state index contributed by atoms with van der Waals surface area (Å²) in [5.41, 5.74) is 3.90. The monoisotopic (exact) mass is 456 g/mol. The summed E-state index contributed by atoms with van der Waals surface area (Å²) in [7, 11) is 0. The molecule has 1 aliphatic carbocycles. The van der Waals surface area contributed by atoms with Crippen molar-refractivity contribution in [3.8, 4) is 0 Å². The number of fused-ring (bicyclic) bond motifs is 1. The van der Waals surface area contributed by atoms with Crippen LogP contribution < -0.4 is 0 Å². The van der Waals surface area contributed by atoms with Crippen LogP contribution in [0.4, 0.5) is 0 Å². The van der Waals surface area contributed by atoms with Gasteiger partial charge in [-0.15, -0.1) is 0 Å². The van der Waals surface area contributed by atoms with Crippen molar-refractivity contribution in [3.63, 3.8) is 0 Å². The van der Waals surface area contributed by atoms with Gasteiger partial charge in [-0.1, -0.05) is 40.2 Å². The number of rotatable bonds is 3. The second kappa shape index (κ2) is 6.80. The van der Waals surface area contributed by atoms with E-state index in [0.717, 1.165) is 20.0 Å². The van der Waals surface area contributed by atoms with Crippen LogP contribution in [0.3, 0.4) is 0 Å². The molecule has 1 nitrogen and oxygen atoms in total. The molecule has 0 heterocycles. The van der Waals surface area contributed by atoms with Crippen LogP contribution in [-0.4, -0.2) is 5.11 Å². The fourth-order valence-corrected chi connectivity index (χ4v) is 4.29. The Kier molecular flexibility index (Phi) is 5.02. The van der Waals surface area contributed by atoms with Crippen molar-refractivity contribution in [3.05, 3.63) is 67.2 Å². The van der Waals surface area contributed by atoms with Gasteiger partial charge in [-0.3, -0.25) is 0 Å². The SMILES string of the molecule is OC(CC1CCCc2ccccc21)c1cc(I)ccc1Br. The van der Waals surface area contributed by atoms with Crippen molar-refractivity contribution in [1.29, 1.82) is 0 Å². The number of aryl methyl sites for hydroxylation is 1. The summed E-state index contributed by atoms with van der Waals surface area (Å²) in [6.45, 7) is 0.